The molecule has 0 radical (unpaired) electrons. The first kappa shape index (κ1) is 26.1. The Morgan fingerprint density at radius 2 is 1.55 bits per heavy atom. The van der Waals surface area contributed by atoms with Gasteiger partial charge in [-0.1, -0.05) is 110 Å². The molecule has 2 aromatic rings. The van der Waals surface area contributed by atoms with Crippen molar-refractivity contribution in [2.24, 2.45) is 0 Å². The van der Waals surface area contributed by atoms with Crippen molar-refractivity contribution < 1.29 is 17.4 Å². The fraction of sp³-hybridized carbons (Fsp3) is 0.409. The summed E-state index contributed by atoms with van der Waals surface area (Å²) in [4.78, 5) is 11.4. The molecule has 1 N–H and O–H groups in total. The van der Waals surface area contributed by atoms with Crippen molar-refractivity contribution in [3.05, 3.63) is 59.7 Å². The number of Topliss-reactive ketones (excluding diaryl/α,β-unsaturated/α-hetero) is 1. The number of hydrogen-bond donors (Lipinski definition) is 1. The van der Waals surface area contributed by atoms with Crippen LogP contribution in [0.3, 0.4) is 0 Å². The highest BCUT2D eigenvalue weighted by Gasteiger charge is 2.26. The molecule has 0 aliphatic carbocycles. The Balaban J connectivity index is 2.18. The number of carbonyl (C=O) groups is 1. The van der Waals surface area contributed by atoms with Gasteiger partial charge in [0.15, 0.2) is 5.78 Å². The number of carbonyl (C=O) groups excluding carboxylic acids is 1. The molecule has 0 spiro atoms. The molecule has 0 saturated heterocycles. The molecule has 0 aromatic heterocycles. The predicted molar refractivity (Wildman–Crippen MR) is 127 cm³/mol. The van der Waals surface area contributed by atoms with E-state index in [4.69, 9.17) is 39.0 Å². The van der Waals surface area contributed by atoms with Gasteiger partial charge in [0.05, 0.1) is 0 Å². The largest absolute Gasteiger partial charge is 0.336 e. The maximum atomic E-state index is 12.3. The van der Waals surface area contributed by atoms with Crippen LogP contribution in [-0.2, 0) is 14.5 Å². The second-order valence-corrected chi connectivity index (χ2v) is 11.1. The normalized spacial score (nSPS) is 13.2. The SMILES string of the molecule is CCCCCC(NS(=O)(=O)OCC(Cl)(Cl)Cl)c1ccc(-c2ccc(C(C)=O)cc2)cc1. The highest BCUT2D eigenvalue weighted by molar-refractivity contribution is 7.84. The molecule has 1 unspecified atom stereocenters. The van der Waals surface area contributed by atoms with Crippen LogP contribution >= 0.6 is 34.8 Å². The molecule has 0 aliphatic rings. The molecule has 0 heterocycles. The molecule has 0 saturated carbocycles. The van der Waals surface area contributed by atoms with E-state index in [-0.39, 0.29) is 5.78 Å². The number of nitrogens with one attached hydrogen (secondary N) is 1. The maximum Gasteiger partial charge on any atom is 0.336 e. The monoisotopic (exact) mass is 505 g/mol. The van der Waals surface area contributed by atoms with Crippen molar-refractivity contribution in [1.82, 2.24) is 4.72 Å². The van der Waals surface area contributed by atoms with Gasteiger partial charge in [-0.05, 0) is 30.0 Å². The van der Waals surface area contributed by atoms with E-state index in [0.717, 1.165) is 36.0 Å². The summed E-state index contributed by atoms with van der Waals surface area (Å²) in [5, 5.41) is 0. The van der Waals surface area contributed by atoms with Crippen molar-refractivity contribution in [2.45, 2.75) is 49.4 Å². The Labute approximate surface area is 199 Å². The number of unbranched alkanes of at least 4 members (excludes halogenated alkanes) is 2. The molecule has 9 heteroatoms. The van der Waals surface area contributed by atoms with E-state index in [0.29, 0.717) is 12.0 Å². The minimum atomic E-state index is -4.11. The summed E-state index contributed by atoms with van der Waals surface area (Å²) in [6, 6.07) is 14.5. The van der Waals surface area contributed by atoms with E-state index in [1.165, 1.54) is 6.92 Å². The van der Waals surface area contributed by atoms with Crippen LogP contribution in [0.5, 0.6) is 0 Å². The zero-order valence-electron chi connectivity index (χ0n) is 17.4. The van der Waals surface area contributed by atoms with Gasteiger partial charge in [0.25, 0.3) is 0 Å². The van der Waals surface area contributed by atoms with Crippen molar-refractivity contribution >= 4 is 50.9 Å². The average Bonchev–Trinajstić information content (AvgIpc) is 2.71. The van der Waals surface area contributed by atoms with Crippen LogP contribution in [0.15, 0.2) is 48.5 Å². The van der Waals surface area contributed by atoms with Gasteiger partial charge in [-0.3, -0.25) is 8.98 Å². The van der Waals surface area contributed by atoms with E-state index in [1.54, 1.807) is 12.1 Å². The summed E-state index contributed by atoms with van der Waals surface area (Å²) in [6.45, 7) is 3.03. The standard InChI is InChI=1S/C22H26Cl3NO4S/c1-3-4-5-6-21(26-31(28,29)30-15-22(23,24)25)20-13-11-19(12-14-20)18-9-7-17(8-10-18)16(2)27/h7-14,21,26H,3-6,15H2,1-2H3. The molecule has 0 amide bonds. The lowest BCUT2D eigenvalue weighted by Crippen LogP contribution is -2.32. The summed E-state index contributed by atoms with van der Waals surface area (Å²) in [7, 11) is -4.11. The van der Waals surface area contributed by atoms with Crippen LogP contribution in [0.25, 0.3) is 11.1 Å². The third-order valence-electron chi connectivity index (χ3n) is 4.70. The Bertz CT molecular complexity index is 956. The zero-order valence-corrected chi connectivity index (χ0v) is 20.5. The second kappa shape index (κ2) is 11.6. The van der Waals surface area contributed by atoms with Gasteiger partial charge in [-0.15, -0.1) is 0 Å². The lowest BCUT2D eigenvalue weighted by Gasteiger charge is -2.20. The smallest absolute Gasteiger partial charge is 0.295 e. The number of ketones is 1. The minimum absolute atomic E-state index is 0.0149. The number of alkyl halides is 3. The van der Waals surface area contributed by atoms with E-state index < -0.39 is 26.7 Å². The van der Waals surface area contributed by atoms with Crippen LogP contribution < -0.4 is 4.72 Å². The summed E-state index contributed by atoms with van der Waals surface area (Å²) < 4.78 is 30.2. The van der Waals surface area contributed by atoms with Crippen LogP contribution in [0.1, 0.15) is 61.5 Å². The molecule has 2 aromatic carbocycles. The van der Waals surface area contributed by atoms with Gasteiger partial charge in [-0.25, -0.2) is 0 Å². The van der Waals surface area contributed by atoms with Crippen LogP contribution in [0.4, 0.5) is 0 Å². The Morgan fingerprint density at radius 3 is 2.03 bits per heavy atom. The lowest BCUT2D eigenvalue weighted by molar-refractivity contribution is 0.101. The van der Waals surface area contributed by atoms with Crippen molar-refractivity contribution in [2.75, 3.05) is 6.61 Å². The molecule has 0 aliphatic heterocycles. The van der Waals surface area contributed by atoms with Crippen molar-refractivity contribution in [3.8, 4) is 11.1 Å². The fourth-order valence-electron chi connectivity index (χ4n) is 3.05. The average molecular weight is 507 g/mol. The fourth-order valence-corrected chi connectivity index (χ4v) is 4.41. The molecule has 2 rings (SSSR count). The predicted octanol–water partition coefficient (Wildman–Crippen LogP) is 6.40. The first-order valence-electron chi connectivity index (χ1n) is 9.95. The zero-order chi connectivity index (χ0) is 23.1. The highest BCUT2D eigenvalue weighted by atomic mass is 35.6. The van der Waals surface area contributed by atoms with E-state index >= 15 is 0 Å². The van der Waals surface area contributed by atoms with E-state index in [1.807, 2.05) is 36.4 Å². The summed E-state index contributed by atoms with van der Waals surface area (Å²) in [5.74, 6) is 0.0149. The molecule has 170 valence electrons. The molecule has 0 fully saturated rings. The van der Waals surface area contributed by atoms with Gasteiger partial charge >= 0.3 is 10.3 Å². The molecule has 31 heavy (non-hydrogen) atoms. The molecule has 5 nitrogen and oxygen atoms in total. The third-order valence-corrected chi connectivity index (χ3v) is 6.03. The minimum Gasteiger partial charge on any atom is -0.295 e. The van der Waals surface area contributed by atoms with Crippen LogP contribution in [-0.4, -0.2) is 24.6 Å². The Kier molecular flexibility index (Phi) is 9.80. The van der Waals surface area contributed by atoms with E-state index in [2.05, 4.69) is 11.6 Å². The molecular weight excluding hydrogens is 481 g/mol. The quantitative estimate of drug-likeness (QED) is 0.217. The topological polar surface area (TPSA) is 72.5 Å². The number of benzene rings is 2. The summed E-state index contributed by atoms with van der Waals surface area (Å²) in [6.07, 6.45) is 3.45. The number of hydrogen-bond acceptors (Lipinski definition) is 4. The Morgan fingerprint density at radius 1 is 1.00 bits per heavy atom. The van der Waals surface area contributed by atoms with Crippen LogP contribution in [0, 0.1) is 0 Å². The van der Waals surface area contributed by atoms with Crippen molar-refractivity contribution in [1.29, 1.82) is 0 Å². The third kappa shape index (κ3) is 9.08. The van der Waals surface area contributed by atoms with E-state index in [9.17, 15) is 13.2 Å². The van der Waals surface area contributed by atoms with Gasteiger partial charge in [0.1, 0.15) is 6.61 Å². The van der Waals surface area contributed by atoms with Gasteiger partial charge in [-0.2, -0.15) is 13.1 Å². The summed E-state index contributed by atoms with van der Waals surface area (Å²) in [5.41, 5.74) is 3.38. The second-order valence-electron chi connectivity index (χ2n) is 7.25. The van der Waals surface area contributed by atoms with Gasteiger partial charge < -0.3 is 0 Å². The van der Waals surface area contributed by atoms with Crippen LogP contribution in [0.2, 0.25) is 0 Å². The van der Waals surface area contributed by atoms with Gasteiger partial charge in [0.2, 0.25) is 3.79 Å². The van der Waals surface area contributed by atoms with Gasteiger partial charge in [0, 0.05) is 11.6 Å². The first-order chi connectivity index (χ1) is 14.5. The molecule has 0 bridgehead atoms. The Hall–Kier alpha value is -1.15. The molecular formula is C22H26Cl3NO4S. The number of halogens is 3. The van der Waals surface area contributed by atoms with Crippen molar-refractivity contribution in [3.63, 3.8) is 0 Å². The maximum absolute atomic E-state index is 12.3. The number of rotatable bonds is 11. The highest BCUT2D eigenvalue weighted by Crippen LogP contribution is 2.28. The summed E-state index contributed by atoms with van der Waals surface area (Å²) >= 11 is 16.8. The first-order valence-corrected chi connectivity index (χ1v) is 12.5. The molecule has 1 atom stereocenters. The lowest BCUT2D eigenvalue weighted by atomic mass is 9.97.